The molecule has 1 N–H and O–H groups in total. The summed E-state index contributed by atoms with van der Waals surface area (Å²) in [6.07, 6.45) is 5.80. The van der Waals surface area contributed by atoms with Crippen LogP contribution in [0.4, 0.5) is 0 Å². The van der Waals surface area contributed by atoms with Gasteiger partial charge in [-0.25, -0.2) is 0 Å². The van der Waals surface area contributed by atoms with Gasteiger partial charge in [0.1, 0.15) is 0 Å². The third kappa shape index (κ3) is 1.78. The van der Waals surface area contributed by atoms with E-state index in [4.69, 9.17) is 0 Å². The highest BCUT2D eigenvalue weighted by molar-refractivity contribution is 5.83. The summed E-state index contributed by atoms with van der Waals surface area (Å²) in [5, 5.41) is 3.49. The van der Waals surface area contributed by atoms with Crippen LogP contribution < -0.4 is 5.32 Å². The van der Waals surface area contributed by atoms with Crippen molar-refractivity contribution in [2.24, 2.45) is 17.3 Å². The standard InChI is InChI=1S/C15H26N2O/c1-3-13-12-9-16-8-11(12)10-17(13)14(18)15(2)6-4-5-7-15/h11-13,16H,3-10H2,1-2H3. The molecule has 3 heteroatoms. The number of carbonyl (C=O) groups is 1. The van der Waals surface area contributed by atoms with Gasteiger partial charge in [0.25, 0.3) is 0 Å². The Bertz CT molecular complexity index is 335. The van der Waals surface area contributed by atoms with E-state index in [1.807, 2.05) is 0 Å². The number of hydrogen-bond donors (Lipinski definition) is 1. The molecule has 3 atom stereocenters. The molecule has 3 aliphatic rings. The molecular formula is C15H26N2O. The van der Waals surface area contributed by atoms with Gasteiger partial charge in [0.15, 0.2) is 0 Å². The van der Waals surface area contributed by atoms with E-state index in [1.54, 1.807) is 0 Å². The number of likely N-dealkylation sites (tertiary alicyclic amines) is 1. The summed E-state index contributed by atoms with van der Waals surface area (Å²) >= 11 is 0. The Hall–Kier alpha value is -0.570. The van der Waals surface area contributed by atoms with Crippen LogP contribution in [0.25, 0.3) is 0 Å². The van der Waals surface area contributed by atoms with E-state index in [1.165, 1.54) is 12.8 Å². The zero-order valence-corrected chi connectivity index (χ0v) is 11.7. The molecule has 3 unspecified atom stereocenters. The van der Waals surface area contributed by atoms with Gasteiger partial charge >= 0.3 is 0 Å². The number of nitrogens with zero attached hydrogens (tertiary/aromatic N) is 1. The van der Waals surface area contributed by atoms with Crippen LogP contribution in [0.15, 0.2) is 0 Å². The van der Waals surface area contributed by atoms with Crippen LogP contribution in [-0.2, 0) is 4.79 Å². The molecule has 1 saturated carbocycles. The van der Waals surface area contributed by atoms with Crippen LogP contribution in [0.1, 0.15) is 46.0 Å². The first kappa shape index (κ1) is 12.5. The lowest BCUT2D eigenvalue weighted by Crippen LogP contribution is -2.46. The van der Waals surface area contributed by atoms with Gasteiger partial charge in [0, 0.05) is 31.1 Å². The molecule has 2 aliphatic heterocycles. The van der Waals surface area contributed by atoms with Crippen molar-refractivity contribution < 1.29 is 4.79 Å². The number of fused-ring (bicyclic) bond motifs is 1. The van der Waals surface area contributed by atoms with E-state index < -0.39 is 0 Å². The van der Waals surface area contributed by atoms with Crippen LogP contribution in [-0.4, -0.2) is 36.5 Å². The van der Waals surface area contributed by atoms with E-state index in [2.05, 4.69) is 24.1 Å². The summed E-state index contributed by atoms with van der Waals surface area (Å²) in [4.78, 5) is 15.1. The lowest BCUT2D eigenvalue weighted by molar-refractivity contribution is -0.142. The number of carbonyl (C=O) groups excluding carboxylic acids is 1. The summed E-state index contributed by atoms with van der Waals surface area (Å²) in [7, 11) is 0. The first-order chi connectivity index (χ1) is 8.65. The average molecular weight is 250 g/mol. The van der Waals surface area contributed by atoms with Crippen LogP contribution in [0, 0.1) is 17.3 Å². The second-order valence-corrected chi connectivity index (χ2v) is 6.78. The second kappa shape index (κ2) is 4.52. The Morgan fingerprint density at radius 3 is 2.72 bits per heavy atom. The first-order valence-electron chi connectivity index (χ1n) is 7.67. The van der Waals surface area contributed by atoms with E-state index in [0.717, 1.165) is 38.9 Å². The molecule has 0 radical (unpaired) electrons. The fourth-order valence-electron chi connectivity index (χ4n) is 4.50. The Kier molecular flexibility index (Phi) is 3.13. The smallest absolute Gasteiger partial charge is 0.228 e. The van der Waals surface area contributed by atoms with Crippen LogP contribution in [0.3, 0.4) is 0 Å². The molecule has 1 aliphatic carbocycles. The molecule has 3 nitrogen and oxygen atoms in total. The Balaban J connectivity index is 1.77. The topological polar surface area (TPSA) is 32.3 Å². The van der Waals surface area contributed by atoms with E-state index in [9.17, 15) is 4.79 Å². The normalized spacial score (nSPS) is 38.1. The van der Waals surface area contributed by atoms with E-state index in [0.29, 0.717) is 23.8 Å². The van der Waals surface area contributed by atoms with Gasteiger partial charge in [-0.15, -0.1) is 0 Å². The summed E-state index contributed by atoms with van der Waals surface area (Å²) < 4.78 is 0. The molecule has 2 saturated heterocycles. The molecule has 3 fully saturated rings. The fourth-order valence-corrected chi connectivity index (χ4v) is 4.50. The minimum absolute atomic E-state index is 0.0422. The highest BCUT2D eigenvalue weighted by atomic mass is 16.2. The molecule has 18 heavy (non-hydrogen) atoms. The molecular weight excluding hydrogens is 224 g/mol. The van der Waals surface area contributed by atoms with E-state index >= 15 is 0 Å². The van der Waals surface area contributed by atoms with Gasteiger partial charge in [0.05, 0.1) is 0 Å². The monoisotopic (exact) mass is 250 g/mol. The van der Waals surface area contributed by atoms with Gasteiger partial charge in [-0.3, -0.25) is 4.79 Å². The van der Waals surface area contributed by atoms with Gasteiger partial charge in [-0.2, -0.15) is 0 Å². The van der Waals surface area contributed by atoms with Gasteiger partial charge < -0.3 is 10.2 Å². The highest BCUT2D eigenvalue weighted by Crippen LogP contribution is 2.43. The maximum Gasteiger partial charge on any atom is 0.228 e. The summed E-state index contributed by atoms with van der Waals surface area (Å²) in [5.74, 6) is 1.88. The van der Waals surface area contributed by atoms with Gasteiger partial charge in [-0.1, -0.05) is 26.7 Å². The Morgan fingerprint density at radius 1 is 1.33 bits per heavy atom. The average Bonchev–Trinajstić information content (AvgIpc) is 3.02. The number of rotatable bonds is 2. The molecule has 1 amide bonds. The third-order valence-corrected chi connectivity index (χ3v) is 5.62. The summed E-state index contributed by atoms with van der Waals surface area (Å²) in [6.45, 7) is 7.67. The van der Waals surface area contributed by atoms with Gasteiger partial charge in [0.2, 0.25) is 5.91 Å². The summed E-state index contributed by atoms with van der Waals surface area (Å²) in [5.41, 5.74) is -0.0422. The number of nitrogens with one attached hydrogen (secondary N) is 1. The van der Waals surface area contributed by atoms with Crippen molar-refractivity contribution in [3.05, 3.63) is 0 Å². The van der Waals surface area contributed by atoms with Crippen molar-refractivity contribution in [1.82, 2.24) is 10.2 Å². The minimum atomic E-state index is -0.0422. The molecule has 0 bridgehead atoms. The number of amides is 1. The molecule has 3 rings (SSSR count). The minimum Gasteiger partial charge on any atom is -0.339 e. The van der Waals surface area contributed by atoms with Crippen molar-refractivity contribution in [3.63, 3.8) is 0 Å². The molecule has 0 aromatic carbocycles. The van der Waals surface area contributed by atoms with E-state index in [-0.39, 0.29) is 5.41 Å². The van der Waals surface area contributed by atoms with Crippen molar-refractivity contribution in [2.75, 3.05) is 19.6 Å². The second-order valence-electron chi connectivity index (χ2n) is 6.78. The lowest BCUT2D eigenvalue weighted by atomic mass is 9.86. The third-order valence-electron chi connectivity index (χ3n) is 5.62. The zero-order chi connectivity index (χ0) is 12.8. The predicted octanol–water partition coefficient (Wildman–Crippen LogP) is 2.02. The highest BCUT2D eigenvalue weighted by Gasteiger charge is 2.49. The largest absolute Gasteiger partial charge is 0.339 e. The Morgan fingerprint density at radius 2 is 2.06 bits per heavy atom. The lowest BCUT2D eigenvalue weighted by Gasteiger charge is -2.34. The van der Waals surface area contributed by atoms with Crippen molar-refractivity contribution in [3.8, 4) is 0 Å². The van der Waals surface area contributed by atoms with Crippen LogP contribution >= 0.6 is 0 Å². The summed E-state index contributed by atoms with van der Waals surface area (Å²) in [6, 6.07) is 0.495. The van der Waals surface area contributed by atoms with Crippen molar-refractivity contribution >= 4 is 5.91 Å². The molecule has 0 aromatic rings. The van der Waals surface area contributed by atoms with Crippen LogP contribution in [0.2, 0.25) is 0 Å². The molecule has 0 aromatic heterocycles. The molecule has 102 valence electrons. The van der Waals surface area contributed by atoms with Crippen molar-refractivity contribution in [2.45, 2.75) is 52.0 Å². The van der Waals surface area contributed by atoms with Crippen molar-refractivity contribution in [1.29, 1.82) is 0 Å². The first-order valence-corrected chi connectivity index (χ1v) is 7.67. The molecule has 2 heterocycles. The van der Waals surface area contributed by atoms with Crippen LogP contribution in [0.5, 0.6) is 0 Å². The maximum absolute atomic E-state index is 12.9. The SMILES string of the molecule is CCC1C2CNCC2CN1C(=O)C1(C)CCCC1. The number of hydrogen-bond acceptors (Lipinski definition) is 2. The maximum atomic E-state index is 12.9. The predicted molar refractivity (Wildman–Crippen MR) is 72.2 cm³/mol. The quantitative estimate of drug-likeness (QED) is 0.813. The van der Waals surface area contributed by atoms with Gasteiger partial charge in [-0.05, 0) is 31.1 Å². The Labute approximate surface area is 110 Å². The molecule has 0 spiro atoms. The zero-order valence-electron chi connectivity index (χ0n) is 11.7. The fraction of sp³-hybridized carbons (Fsp3) is 0.933.